The van der Waals surface area contributed by atoms with Crippen LogP contribution in [0.4, 0.5) is 10.1 Å². The second-order valence-electron chi connectivity index (χ2n) is 2.24. The van der Waals surface area contributed by atoms with Crippen molar-refractivity contribution in [3.8, 4) is 0 Å². The van der Waals surface area contributed by atoms with E-state index in [1.165, 1.54) is 18.2 Å². The molecule has 0 fully saturated rings. The largest absolute Gasteiger partial charge is 0.369 e. The molecule has 0 saturated carbocycles. The van der Waals surface area contributed by atoms with E-state index in [0.29, 0.717) is 5.69 Å². The summed E-state index contributed by atoms with van der Waals surface area (Å²) in [6.45, 7) is 0. The van der Waals surface area contributed by atoms with Gasteiger partial charge in [0.1, 0.15) is 5.82 Å². The third kappa shape index (κ3) is 2.57. The molecule has 1 aromatic carbocycles. The van der Waals surface area contributed by atoms with Gasteiger partial charge in [0.05, 0.1) is 10.7 Å². The number of nitrogens with zero attached hydrogens (tertiary/aromatic N) is 1. The summed E-state index contributed by atoms with van der Waals surface area (Å²) < 4.78 is 12.7. The maximum Gasteiger partial charge on any atom is 0.208 e. The van der Waals surface area contributed by atoms with Crippen LogP contribution in [0.3, 0.4) is 0 Å². The normalized spacial score (nSPS) is 11.5. The molecule has 0 aliphatic heterocycles. The summed E-state index contributed by atoms with van der Waals surface area (Å²) in [5.41, 5.74) is 7.84. The van der Waals surface area contributed by atoms with Crippen molar-refractivity contribution in [2.24, 2.45) is 16.6 Å². The highest BCUT2D eigenvalue weighted by atomic mass is 35.5. The molecular formula is C7H8ClFN4. The van der Waals surface area contributed by atoms with Crippen LogP contribution in [0.25, 0.3) is 0 Å². The van der Waals surface area contributed by atoms with Gasteiger partial charge in [-0.3, -0.25) is 5.43 Å². The Bertz CT molecular complexity index is 339. The Morgan fingerprint density at radius 3 is 2.77 bits per heavy atom. The number of aliphatic imine (C=N–C) groups is 1. The van der Waals surface area contributed by atoms with Crippen LogP contribution in [0.15, 0.2) is 23.2 Å². The number of nitrogens with one attached hydrogen (secondary N) is 1. The third-order valence-electron chi connectivity index (χ3n) is 1.30. The molecule has 0 aliphatic carbocycles. The SMILES string of the molecule is NNC(N)=Nc1ccc(F)c(Cl)c1. The lowest BCUT2D eigenvalue weighted by molar-refractivity contribution is 0.628. The smallest absolute Gasteiger partial charge is 0.208 e. The van der Waals surface area contributed by atoms with Gasteiger partial charge in [0.2, 0.25) is 5.96 Å². The summed E-state index contributed by atoms with van der Waals surface area (Å²) in [5, 5.41) is -0.00827. The zero-order chi connectivity index (χ0) is 9.84. The summed E-state index contributed by atoms with van der Waals surface area (Å²) >= 11 is 5.50. The summed E-state index contributed by atoms with van der Waals surface area (Å²) in [7, 11) is 0. The van der Waals surface area contributed by atoms with E-state index in [-0.39, 0.29) is 11.0 Å². The van der Waals surface area contributed by atoms with Gasteiger partial charge in [-0.2, -0.15) is 0 Å². The number of nitrogens with two attached hydrogens (primary N) is 2. The number of benzene rings is 1. The molecule has 0 atom stereocenters. The maximum absolute atomic E-state index is 12.7. The second-order valence-corrected chi connectivity index (χ2v) is 2.65. The molecule has 0 radical (unpaired) electrons. The Labute approximate surface area is 79.4 Å². The summed E-state index contributed by atoms with van der Waals surface area (Å²) in [6.07, 6.45) is 0. The van der Waals surface area contributed by atoms with Crippen molar-refractivity contribution in [1.29, 1.82) is 0 Å². The van der Waals surface area contributed by atoms with E-state index in [0.717, 1.165) is 0 Å². The molecular weight excluding hydrogens is 195 g/mol. The first kappa shape index (κ1) is 9.76. The van der Waals surface area contributed by atoms with E-state index in [2.05, 4.69) is 10.4 Å². The lowest BCUT2D eigenvalue weighted by atomic mass is 10.3. The van der Waals surface area contributed by atoms with Crippen molar-refractivity contribution in [1.82, 2.24) is 5.43 Å². The summed E-state index contributed by atoms with van der Waals surface area (Å²) in [5.74, 6) is 4.51. The highest BCUT2D eigenvalue weighted by Crippen LogP contribution is 2.21. The Hall–Kier alpha value is -1.33. The van der Waals surface area contributed by atoms with Crippen molar-refractivity contribution in [2.45, 2.75) is 0 Å². The Morgan fingerprint density at radius 2 is 2.23 bits per heavy atom. The number of rotatable bonds is 1. The topological polar surface area (TPSA) is 76.4 Å². The first-order chi connectivity index (χ1) is 6.13. The number of guanidine groups is 1. The van der Waals surface area contributed by atoms with E-state index in [1.54, 1.807) is 0 Å². The Balaban J connectivity index is 2.98. The Kier molecular flexibility index (Phi) is 3.05. The van der Waals surface area contributed by atoms with Gasteiger partial charge in [-0.05, 0) is 18.2 Å². The van der Waals surface area contributed by atoms with Gasteiger partial charge in [0, 0.05) is 0 Å². The van der Waals surface area contributed by atoms with Crippen LogP contribution in [0.5, 0.6) is 0 Å². The van der Waals surface area contributed by atoms with Crippen LogP contribution in [0.2, 0.25) is 5.02 Å². The van der Waals surface area contributed by atoms with Crippen molar-refractivity contribution >= 4 is 23.2 Å². The molecule has 0 spiro atoms. The number of hydrogen-bond donors (Lipinski definition) is 3. The molecule has 0 unspecified atom stereocenters. The van der Waals surface area contributed by atoms with Crippen LogP contribution < -0.4 is 17.0 Å². The standard InChI is InChI=1S/C7H8ClFN4/c8-5-3-4(1-2-6(5)9)12-7(10)13-11/h1-3H,11H2,(H3,10,12,13). The van der Waals surface area contributed by atoms with Crippen molar-refractivity contribution in [3.63, 3.8) is 0 Å². The van der Waals surface area contributed by atoms with Gasteiger partial charge < -0.3 is 5.73 Å². The van der Waals surface area contributed by atoms with E-state index in [9.17, 15) is 4.39 Å². The van der Waals surface area contributed by atoms with Gasteiger partial charge in [-0.25, -0.2) is 15.2 Å². The zero-order valence-electron chi connectivity index (χ0n) is 6.59. The predicted octanol–water partition coefficient (Wildman–Crippen LogP) is 0.889. The number of hydrogen-bond acceptors (Lipinski definition) is 2. The third-order valence-corrected chi connectivity index (χ3v) is 1.59. The summed E-state index contributed by atoms with van der Waals surface area (Å²) in [6, 6.07) is 3.98. The monoisotopic (exact) mass is 202 g/mol. The number of hydrazine groups is 1. The van der Waals surface area contributed by atoms with E-state index in [1.807, 2.05) is 0 Å². The summed E-state index contributed by atoms with van der Waals surface area (Å²) in [4.78, 5) is 3.79. The molecule has 5 N–H and O–H groups in total. The highest BCUT2D eigenvalue weighted by molar-refractivity contribution is 6.31. The second kappa shape index (κ2) is 4.06. The fourth-order valence-electron chi connectivity index (χ4n) is 0.726. The first-order valence-corrected chi connectivity index (χ1v) is 3.77. The average Bonchev–Trinajstić information content (AvgIpc) is 2.11. The molecule has 0 saturated heterocycles. The molecule has 13 heavy (non-hydrogen) atoms. The van der Waals surface area contributed by atoms with Crippen LogP contribution >= 0.6 is 11.6 Å². The maximum atomic E-state index is 12.7. The highest BCUT2D eigenvalue weighted by Gasteiger charge is 1.99. The molecule has 0 amide bonds. The van der Waals surface area contributed by atoms with Gasteiger partial charge >= 0.3 is 0 Å². The molecule has 1 rings (SSSR count). The zero-order valence-corrected chi connectivity index (χ0v) is 7.35. The van der Waals surface area contributed by atoms with E-state index in [4.69, 9.17) is 23.2 Å². The molecule has 4 nitrogen and oxygen atoms in total. The van der Waals surface area contributed by atoms with Crippen LogP contribution in [0.1, 0.15) is 0 Å². The van der Waals surface area contributed by atoms with Gasteiger partial charge in [0.15, 0.2) is 0 Å². The fraction of sp³-hybridized carbons (Fsp3) is 0. The molecule has 1 aromatic rings. The Morgan fingerprint density at radius 1 is 1.54 bits per heavy atom. The van der Waals surface area contributed by atoms with Crippen molar-refractivity contribution in [3.05, 3.63) is 29.0 Å². The van der Waals surface area contributed by atoms with Gasteiger partial charge in [-0.1, -0.05) is 11.6 Å². The minimum atomic E-state index is -0.500. The van der Waals surface area contributed by atoms with Gasteiger partial charge in [-0.15, -0.1) is 0 Å². The molecule has 70 valence electrons. The quantitative estimate of drug-likeness (QED) is 0.274. The van der Waals surface area contributed by atoms with Crippen LogP contribution in [-0.2, 0) is 0 Å². The molecule has 0 aliphatic rings. The average molecular weight is 203 g/mol. The predicted molar refractivity (Wildman–Crippen MR) is 50.0 cm³/mol. The number of halogens is 2. The first-order valence-electron chi connectivity index (χ1n) is 3.39. The minimum Gasteiger partial charge on any atom is -0.369 e. The molecule has 6 heteroatoms. The van der Waals surface area contributed by atoms with Gasteiger partial charge in [0.25, 0.3) is 0 Å². The van der Waals surface area contributed by atoms with Crippen molar-refractivity contribution < 1.29 is 4.39 Å². The molecule has 0 bridgehead atoms. The fourth-order valence-corrected chi connectivity index (χ4v) is 0.901. The van der Waals surface area contributed by atoms with Crippen LogP contribution in [0, 0.1) is 5.82 Å². The lowest BCUT2D eigenvalue weighted by Crippen LogP contribution is -2.36. The van der Waals surface area contributed by atoms with E-state index < -0.39 is 5.82 Å². The van der Waals surface area contributed by atoms with E-state index >= 15 is 0 Å². The molecule has 0 heterocycles. The van der Waals surface area contributed by atoms with Crippen LogP contribution in [-0.4, -0.2) is 5.96 Å². The molecule has 0 aromatic heterocycles. The minimum absolute atomic E-state index is 0.00827. The lowest BCUT2D eigenvalue weighted by Gasteiger charge is -1.99. The van der Waals surface area contributed by atoms with Crippen molar-refractivity contribution in [2.75, 3.05) is 0 Å².